The Morgan fingerprint density at radius 1 is 1.00 bits per heavy atom. The Balaban J connectivity index is 1.89. The molecule has 0 saturated heterocycles. The van der Waals surface area contributed by atoms with E-state index in [2.05, 4.69) is 26.2 Å². The first-order valence-electron chi connectivity index (χ1n) is 11.0. The van der Waals surface area contributed by atoms with Gasteiger partial charge < -0.3 is 10.1 Å². The van der Waals surface area contributed by atoms with E-state index in [1.54, 1.807) is 20.8 Å². The quantitative estimate of drug-likeness (QED) is 0.407. The predicted octanol–water partition coefficient (Wildman–Crippen LogP) is 2.12. The molecule has 0 aliphatic rings. The third-order valence-corrected chi connectivity index (χ3v) is 5.22. The number of alkyl carbamates (subject to hydrolysis) is 1. The van der Waals surface area contributed by atoms with E-state index in [-0.39, 0.29) is 5.95 Å². The number of hydrogen-bond acceptors (Lipinski definition) is 9. The van der Waals surface area contributed by atoms with Crippen LogP contribution >= 0.6 is 0 Å². The molecule has 36 heavy (non-hydrogen) atoms. The lowest BCUT2D eigenvalue weighted by atomic mass is 9.99. The summed E-state index contributed by atoms with van der Waals surface area (Å²) in [6.45, 7) is 4.29. The number of aromatic nitrogens is 4. The second kappa shape index (κ2) is 11.3. The number of carbonyl (C=O) groups excluding carboxylic acids is 2. The molecule has 0 saturated carbocycles. The van der Waals surface area contributed by atoms with Crippen molar-refractivity contribution in [2.75, 3.05) is 18.2 Å². The lowest BCUT2D eigenvalue weighted by Crippen LogP contribution is -2.49. The van der Waals surface area contributed by atoms with E-state index in [0.29, 0.717) is 0 Å². The summed E-state index contributed by atoms with van der Waals surface area (Å²) in [7, 11) is -3.90. The molecule has 0 radical (unpaired) electrons. The van der Waals surface area contributed by atoms with Crippen molar-refractivity contribution in [1.82, 2.24) is 25.5 Å². The molecule has 2 aromatic carbocycles. The number of nitrogens with one attached hydrogen (secondary N) is 2. The van der Waals surface area contributed by atoms with Crippen LogP contribution in [0.4, 0.5) is 10.7 Å². The lowest BCUT2D eigenvalue weighted by molar-refractivity contribution is -0.118. The predicted molar refractivity (Wildman–Crippen MR) is 131 cm³/mol. The minimum Gasteiger partial charge on any atom is -0.444 e. The number of amides is 2. The van der Waals surface area contributed by atoms with Crippen molar-refractivity contribution in [1.29, 1.82) is 0 Å². The Morgan fingerprint density at radius 2 is 1.56 bits per heavy atom. The molecule has 192 valence electrons. The summed E-state index contributed by atoms with van der Waals surface area (Å²) in [5, 5.41) is 16.6. The van der Waals surface area contributed by atoms with Crippen molar-refractivity contribution in [2.24, 2.45) is 0 Å². The van der Waals surface area contributed by atoms with E-state index >= 15 is 0 Å². The van der Waals surface area contributed by atoms with Crippen LogP contribution < -0.4 is 10.6 Å². The van der Waals surface area contributed by atoms with Crippen LogP contribution in [0.1, 0.15) is 37.9 Å². The molecular weight excluding hydrogens is 488 g/mol. The van der Waals surface area contributed by atoms with Gasteiger partial charge in [0.25, 0.3) is 22.0 Å². The highest BCUT2D eigenvalue weighted by molar-refractivity contribution is 7.85. The Hall–Kier alpha value is -3.84. The third-order valence-electron chi connectivity index (χ3n) is 4.66. The average Bonchev–Trinajstić information content (AvgIpc) is 3.24. The van der Waals surface area contributed by atoms with Gasteiger partial charge in [0.1, 0.15) is 17.7 Å². The number of tetrazole rings is 1. The van der Waals surface area contributed by atoms with Crippen molar-refractivity contribution < 1.29 is 26.9 Å². The zero-order valence-corrected chi connectivity index (χ0v) is 21.1. The second-order valence-electron chi connectivity index (χ2n) is 8.85. The molecule has 0 spiro atoms. The van der Waals surface area contributed by atoms with Gasteiger partial charge in [0.05, 0.1) is 12.9 Å². The van der Waals surface area contributed by atoms with Crippen LogP contribution in [0.5, 0.6) is 0 Å². The van der Waals surface area contributed by atoms with Crippen LogP contribution in [0.3, 0.4) is 0 Å². The summed E-state index contributed by atoms with van der Waals surface area (Å²) in [5.41, 5.74) is 0.872. The highest BCUT2D eigenvalue weighted by Crippen LogP contribution is 2.27. The number of benzene rings is 2. The molecule has 2 N–H and O–H groups in total. The molecule has 2 amide bonds. The van der Waals surface area contributed by atoms with Crippen LogP contribution in [0.2, 0.25) is 0 Å². The molecule has 0 fully saturated rings. The normalized spacial score (nSPS) is 12.7. The number of rotatable bonds is 9. The molecule has 0 aliphatic heterocycles. The van der Waals surface area contributed by atoms with E-state index < -0.39 is 46.4 Å². The number of anilines is 1. The molecule has 1 aromatic heterocycles. The first-order chi connectivity index (χ1) is 16.9. The largest absolute Gasteiger partial charge is 0.444 e. The first kappa shape index (κ1) is 26.8. The maximum atomic E-state index is 13.1. The van der Waals surface area contributed by atoms with Crippen LogP contribution in [0.25, 0.3) is 0 Å². The molecular formula is C23H28N6O6S. The zero-order chi connectivity index (χ0) is 26.3. The fourth-order valence-corrected chi connectivity index (χ4v) is 3.60. The molecule has 3 aromatic rings. The van der Waals surface area contributed by atoms with Crippen molar-refractivity contribution >= 4 is 28.1 Å². The number of ether oxygens (including phenoxy) is 1. The van der Waals surface area contributed by atoms with Crippen LogP contribution in [-0.4, -0.2) is 65.1 Å². The summed E-state index contributed by atoms with van der Waals surface area (Å²) in [4.78, 5) is 25.4. The Labute approximate surface area is 209 Å². The molecule has 3 rings (SSSR count). The standard InChI is InChI=1S/C23H28N6O6S/c1-23(2,3)35-22(31)24-18(15-34-36(4,32)33)20(30)25-21-26-27-28-29(21)19(16-11-7-5-8-12-16)17-13-9-6-10-14-17/h5-14,18-19H,15H2,1-4H3,(H,24,31)(H,25,26,28,30)/t18-/m0/s1. The topological polar surface area (TPSA) is 154 Å². The minimum atomic E-state index is -3.90. The lowest BCUT2D eigenvalue weighted by Gasteiger charge is -2.23. The molecule has 12 nitrogen and oxygen atoms in total. The molecule has 0 bridgehead atoms. The molecule has 13 heteroatoms. The SMILES string of the molecule is CC(C)(C)OC(=O)N[C@@H](COS(C)(=O)=O)C(=O)Nc1nnnn1C(c1ccccc1)c1ccccc1. The first-order valence-corrected chi connectivity index (χ1v) is 12.8. The molecule has 1 atom stereocenters. The summed E-state index contributed by atoms with van der Waals surface area (Å²) in [5.74, 6) is -0.825. The Kier molecular flexibility index (Phi) is 8.37. The van der Waals surface area contributed by atoms with Crippen molar-refractivity contribution in [3.05, 3.63) is 71.8 Å². The van der Waals surface area contributed by atoms with E-state index in [4.69, 9.17) is 8.92 Å². The van der Waals surface area contributed by atoms with Gasteiger partial charge in [0.15, 0.2) is 0 Å². The van der Waals surface area contributed by atoms with Crippen LogP contribution in [0.15, 0.2) is 60.7 Å². The van der Waals surface area contributed by atoms with Gasteiger partial charge in [-0.3, -0.25) is 14.3 Å². The van der Waals surface area contributed by atoms with Crippen LogP contribution in [0, 0.1) is 0 Å². The van der Waals surface area contributed by atoms with Crippen molar-refractivity contribution in [3.63, 3.8) is 0 Å². The second-order valence-corrected chi connectivity index (χ2v) is 10.5. The van der Waals surface area contributed by atoms with Gasteiger partial charge in [0, 0.05) is 0 Å². The van der Waals surface area contributed by atoms with Gasteiger partial charge in [0.2, 0.25) is 0 Å². The van der Waals surface area contributed by atoms with E-state index in [0.717, 1.165) is 17.4 Å². The van der Waals surface area contributed by atoms with Gasteiger partial charge >= 0.3 is 6.09 Å². The number of carbonyl (C=O) groups is 2. The molecule has 0 unspecified atom stereocenters. The number of nitrogens with zero attached hydrogens (tertiary/aromatic N) is 4. The maximum absolute atomic E-state index is 13.1. The smallest absolute Gasteiger partial charge is 0.408 e. The average molecular weight is 517 g/mol. The molecule has 1 heterocycles. The van der Waals surface area contributed by atoms with Crippen LogP contribution in [-0.2, 0) is 23.8 Å². The summed E-state index contributed by atoms with van der Waals surface area (Å²) in [6, 6.07) is 16.9. The fraction of sp³-hybridized carbons (Fsp3) is 0.348. The van der Waals surface area contributed by atoms with Crippen molar-refractivity contribution in [2.45, 2.75) is 38.5 Å². The summed E-state index contributed by atoms with van der Waals surface area (Å²) >= 11 is 0. The van der Waals surface area contributed by atoms with Crippen molar-refractivity contribution in [3.8, 4) is 0 Å². The summed E-state index contributed by atoms with van der Waals surface area (Å²) in [6.07, 6.45) is -0.0916. The van der Waals surface area contributed by atoms with E-state index in [1.165, 1.54) is 4.68 Å². The zero-order valence-electron chi connectivity index (χ0n) is 20.3. The van der Waals surface area contributed by atoms with Gasteiger partial charge in [-0.15, -0.1) is 0 Å². The highest BCUT2D eigenvalue weighted by atomic mass is 32.2. The van der Waals surface area contributed by atoms with Gasteiger partial charge in [-0.25, -0.2) is 4.79 Å². The Morgan fingerprint density at radius 3 is 2.06 bits per heavy atom. The maximum Gasteiger partial charge on any atom is 0.408 e. The van der Waals surface area contributed by atoms with Gasteiger partial charge in [-0.2, -0.15) is 13.1 Å². The molecule has 0 aliphatic carbocycles. The Bertz CT molecular complexity index is 1240. The van der Waals surface area contributed by atoms with E-state index in [1.807, 2.05) is 60.7 Å². The van der Waals surface area contributed by atoms with E-state index in [9.17, 15) is 18.0 Å². The van der Waals surface area contributed by atoms with Gasteiger partial charge in [-0.1, -0.05) is 65.8 Å². The highest BCUT2D eigenvalue weighted by Gasteiger charge is 2.29. The monoisotopic (exact) mass is 516 g/mol. The minimum absolute atomic E-state index is 0.0203. The number of hydrogen-bond donors (Lipinski definition) is 2. The third kappa shape index (κ3) is 7.85. The summed E-state index contributed by atoms with van der Waals surface area (Å²) < 4.78 is 34.4. The fourth-order valence-electron chi connectivity index (χ4n) is 3.22. The van der Waals surface area contributed by atoms with Gasteiger partial charge in [-0.05, 0) is 42.3 Å².